The van der Waals surface area contributed by atoms with Crippen molar-refractivity contribution in [2.75, 3.05) is 10.6 Å². The monoisotopic (exact) mass is 387 g/mol. The van der Waals surface area contributed by atoms with E-state index >= 15 is 0 Å². The van der Waals surface area contributed by atoms with Crippen LogP contribution >= 0.6 is 0 Å². The molecule has 3 aromatic rings. The molecule has 3 rings (SSSR count). The zero-order valence-electron chi connectivity index (χ0n) is 16.2. The quantitative estimate of drug-likeness (QED) is 0.616. The van der Waals surface area contributed by atoms with Crippen molar-refractivity contribution < 1.29 is 14.4 Å². The van der Waals surface area contributed by atoms with E-state index in [9.17, 15) is 14.4 Å². The van der Waals surface area contributed by atoms with Crippen molar-refractivity contribution in [1.29, 1.82) is 0 Å². The number of aryl methyl sites for hydroxylation is 1. The molecular formula is C23H21N3O3. The Morgan fingerprint density at radius 1 is 0.862 bits per heavy atom. The van der Waals surface area contributed by atoms with Crippen LogP contribution in [0.3, 0.4) is 0 Å². The number of aromatic nitrogens is 1. The van der Waals surface area contributed by atoms with Crippen LogP contribution in [0.15, 0.2) is 66.9 Å². The second-order valence-electron chi connectivity index (χ2n) is 6.49. The molecule has 1 aromatic heterocycles. The van der Waals surface area contributed by atoms with Gasteiger partial charge in [0.2, 0.25) is 0 Å². The summed E-state index contributed by atoms with van der Waals surface area (Å²) < 4.78 is 0. The first-order valence-electron chi connectivity index (χ1n) is 9.25. The molecule has 0 aliphatic rings. The Hall–Kier alpha value is -3.80. The molecule has 6 nitrogen and oxygen atoms in total. The van der Waals surface area contributed by atoms with Crippen molar-refractivity contribution in [3.8, 4) is 0 Å². The van der Waals surface area contributed by atoms with Crippen LogP contribution in [0.1, 0.15) is 50.6 Å². The summed E-state index contributed by atoms with van der Waals surface area (Å²) >= 11 is 0. The number of ketones is 1. The van der Waals surface area contributed by atoms with Crippen molar-refractivity contribution in [2.45, 2.75) is 20.3 Å². The lowest BCUT2D eigenvalue weighted by atomic mass is 10.1. The van der Waals surface area contributed by atoms with E-state index < -0.39 is 5.91 Å². The van der Waals surface area contributed by atoms with Gasteiger partial charge >= 0.3 is 0 Å². The van der Waals surface area contributed by atoms with Gasteiger partial charge in [-0.15, -0.1) is 0 Å². The molecule has 0 aliphatic carbocycles. The lowest BCUT2D eigenvalue weighted by Crippen LogP contribution is -2.17. The molecule has 0 unspecified atom stereocenters. The van der Waals surface area contributed by atoms with Crippen LogP contribution in [0.2, 0.25) is 0 Å². The molecule has 6 heteroatoms. The van der Waals surface area contributed by atoms with Gasteiger partial charge in [0.05, 0.1) is 0 Å². The minimum Gasteiger partial charge on any atom is -0.322 e. The Balaban J connectivity index is 1.76. The highest BCUT2D eigenvalue weighted by Gasteiger charge is 2.14. The molecule has 1 heterocycles. The first kappa shape index (κ1) is 19.9. The van der Waals surface area contributed by atoms with Crippen LogP contribution < -0.4 is 10.6 Å². The summed E-state index contributed by atoms with van der Waals surface area (Å²) in [4.78, 5) is 40.7. The molecule has 0 aliphatic heterocycles. The fourth-order valence-corrected chi connectivity index (χ4v) is 2.85. The van der Waals surface area contributed by atoms with Crippen LogP contribution in [0.5, 0.6) is 0 Å². The highest BCUT2D eigenvalue weighted by Crippen LogP contribution is 2.17. The zero-order valence-corrected chi connectivity index (χ0v) is 16.2. The molecule has 0 atom stereocenters. The molecule has 0 spiro atoms. The van der Waals surface area contributed by atoms with Crippen molar-refractivity contribution in [2.24, 2.45) is 0 Å². The number of carbonyl (C=O) groups is 3. The van der Waals surface area contributed by atoms with E-state index in [1.807, 2.05) is 31.2 Å². The minimum absolute atomic E-state index is 0.0924. The standard InChI is InChI=1S/C23H21N3O3/c1-3-16-7-4-5-10-20(16)26-22(28)18-11-12-24-21(14-18)23(29)25-19-9-6-8-17(13-19)15(2)27/h4-14H,3H2,1-2H3,(H,25,29)(H,26,28). The molecule has 0 fully saturated rings. The Morgan fingerprint density at radius 2 is 1.66 bits per heavy atom. The molecule has 0 radical (unpaired) electrons. The second-order valence-corrected chi connectivity index (χ2v) is 6.49. The molecule has 0 saturated heterocycles. The number of hydrogen-bond acceptors (Lipinski definition) is 4. The number of amides is 2. The highest BCUT2D eigenvalue weighted by atomic mass is 16.2. The molecule has 0 bridgehead atoms. The normalized spacial score (nSPS) is 10.3. The minimum atomic E-state index is -0.464. The number of nitrogens with one attached hydrogen (secondary N) is 2. The zero-order chi connectivity index (χ0) is 20.8. The fourth-order valence-electron chi connectivity index (χ4n) is 2.85. The maximum Gasteiger partial charge on any atom is 0.274 e. The number of para-hydroxylation sites is 1. The Labute approximate surface area is 169 Å². The summed E-state index contributed by atoms with van der Waals surface area (Å²) in [5, 5.41) is 5.58. The number of hydrogen-bond donors (Lipinski definition) is 2. The van der Waals surface area contributed by atoms with Crippen molar-refractivity contribution in [3.63, 3.8) is 0 Å². The van der Waals surface area contributed by atoms with Crippen molar-refractivity contribution in [3.05, 3.63) is 89.2 Å². The van der Waals surface area contributed by atoms with Gasteiger partial charge in [-0.2, -0.15) is 0 Å². The molecule has 2 N–H and O–H groups in total. The van der Waals surface area contributed by atoms with Gasteiger partial charge in [0.1, 0.15) is 5.69 Å². The number of benzene rings is 2. The predicted molar refractivity (Wildman–Crippen MR) is 112 cm³/mol. The van der Waals surface area contributed by atoms with Gasteiger partial charge in [-0.25, -0.2) is 0 Å². The Bertz CT molecular complexity index is 1080. The van der Waals surface area contributed by atoms with E-state index in [2.05, 4.69) is 15.6 Å². The topological polar surface area (TPSA) is 88.2 Å². The van der Waals surface area contributed by atoms with Crippen LogP contribution in [0, 0.1) is 0 Å². The van der Waals surface area contributed by atoms with Crippen LogP contribution in [-0.4, -0.2) is 22.6 Å². The number of pyridine rings is 1. The van der Waals surface area contributed by atoms with E-state index in [0.29, 0.717) is 16.8 Å². The number of carbonyl (C=O) groups excluding carboxylic acids is 3. The van der Waals surface area contributed by atoms with Crippen LogP contribution in [0.4, 0.5) is 11.4 Å². The van der Waals surface area contributed by atoms with E-state index in [1.54, 1.807) is 30.3 Å². The first-order valence-corrected chi connectivity index (χ1v) is 9.25. The number of anilines is 2. The third-order valence-corrected chi connectivity index (χ3v) is 4.43. The van der Waals surface area contributed by atoms with Gasteiger partial charge in [-0.3, -0.25) is 19.4 Å². The SMILES string of the molecule is CCc1ccccc1NC(=O)c1ccnc(C(=O)Nc2cccc(C(C)=O)c2)c1. The lowest BCUT2D eigenvalue weighted by Gasteiger charge is -2.10. The van der Waals surface area contributed by atoms with Gasteiger partial charge in [-0.05, 0) is 49.2 Å². The van der Waals surface area contributed by atoms with Crippen molar-refractivity contribution >= 4 is 29.0 Å². The molecule has 2 amide bonds. The third kappa shape index (κ3) is 4.93. The smallest absolute Gasteiger partial charge is 0.274 e. The summed E-state index contributed by atoms with van der Waals surface area (Å²) in [6.07, 6.45) is 2.21. The largest absolute Gasteiger partial charge is 0.322 e. The molecular weight excluding hydrogens is 366 g/mol. The lowest BCUT2D eigenvalue weighted by molar-refractivity contribution is 0.100. The van der Waals surface area contributed by atoms with E-state index in [1.165, 1.54) is 19.2 Å². The Morgan fingerprint density at radius 3 is 2.41 bits per heavy atom. The molecule has 29 heavy (non-hydrogen) atoms. The van der Waals surface area contributed by atoms with Gasteiger partial charge in [0, 0.05) is 28.7 Å². The van der Waals surface area contributed by atoms with Crippen LogP contribution in [-0.2, 0) is 6.42 Å². The average Bonchev–Trinajstić information content (AvgIpc) is 2.74. The highest BCUT2D eigenvalue weighted by molar-refractivity contribution is 6.08. The summed E-state index contributed by atoms with van der Waals surface area (Å²) in [6.45, 7) is 3.47. The van der Waals surface area contributed by atoms with E-state index in [-0.39, 0.29) is 17.4 Å². The van der Waals surface area contributed by atoms with Gasteiger partial charge in [0.25, 0.3) is 11.8 Å². The average molecular weight is 387 g/mol. The summed E-state index contributed by atoms with van der Waals surface area (Å²) in [5.41, 5.74) is 3.18. The van der Waals surface area contributed by atoms with Crippen molar-refractivity contribution in [1.82, 2.24) is 4.98 Å². The number of nitrogens with zero attached hydrogens (tertiary/aromatic N) is 1. The van der Waals surface area contributed by atoms with Gasteiger partial charge in [-0.1, -0.05) is 37.3 Å². The second kappa shape index (κ2) is 8.93. The summed E-state index contributed by atoms with van der Waals surface area (Å²) in [5.74, 6) is -0.875. The van der Waals surface area contributed by atoms with E-state index in [4.69, 9.17) is 0 Å². The summed E-state index contributed by atoms with van der Waals surface area (Å²) in [6, 6.07) is 17.2. The maximum atomic E-state index is 12.6. The Kier molecular flexibility index (Phi) is 6.14. The first-order chi connectivity index (χ1) is 14.0. The molecule has 2 aromatic carbocycles. The molecule has 0 saturated carbocycles. The van der Waals surface area contributed by atoms with Crippen LogP contribution in [0.25, 0.3) is 0 Å². The summed E-state index contributed by atoms with van der Waals surface area (Å²) in [7, 11) is 0. The number of Topliss-reactive ketones (excluding diaryl/α,β-unsaturated/α-hetero) is 1. The molecule has 146 valence electrons. The number of rotatable bonds is 6. The fraction of sp³-hybridized carbons (Fsp3) is 0.130. The maximum absolute atomic E-state index is 12.6. The third-order valence-electron chi connectivity index (χ3n) is 4.43. The van der Waals surface area contributed by atoms with Gasteiger partial charge < -0.3 is 10.6 Å². The van der Waals surface area contributed by atoms with Gasteiger partial charge in [0.15, 0.2) is 5.78 Å². The predicted octanol–water partition coefficient (Wildman–Crippen LogP) is 4.35. The van der Waals surface area contributed by atoms with E-state index in [0.717, 1.165) is 17.7 Å².